The summed E-state index contributed by atoms with van der Waals surface area (Å²) >= 11 is 0. The number of hydrogen-bond acceptors (Lipinski definition) is 7. The van der Waals surface area contributed by atoms with Crippen molar-refractivity contribution in [3.05, 3.63) is 59.4 Å². The Kier molecular flexibility index (Phi) is 8.25. The molecule has 0 bridgehead atoms. The van der Waals surface area contributed by atoms with Gasteiger partial charge in [0.15, 0.2) is 0 Å². The number of aromatic nitrogens is 2. The lowest BCUT2D eigenvalue weighted by Gasteiger charge is -2.21. The van der Waals surface area contributed by atoms with Crippen LogP contribution in [0.5, 0.6) is 0 Å². The molecule has 11 nitrogen and oxygen atoms in total. The first-order valence-electron chi connectivity index (χ1n) is 12.6. The van der Waals surface area contributed by atoms with E-state index in [1.165, 1.54) is 0 Å². The van der Waals surface area contributed by atoms with Gasteiger partial charge in [-0.25, -0.2) is 4.98 Å². The molecule has 1 aliphatic rings. The number of fused-ring (bicyclic) bond motifs is 1. The number of nitrogen functional groups attached to an aromatic ring is 1. The Hall–Kier alpha value is -4.41. The number of nitrogens with one attached hydrogen (secondary N) is 3. The Morgan fingerprint density at radius 2 is 1.82 bits per heavy atom. The summed E-state index contributed by atoms with van der Waals surface area (Å²) in [5.74, 6) is -2.67. The van der Waals surface area contributed by atoms with Gasteiger partial charge in [0.2, 0.25) is 17.7 Å². The summed E-state index contributed by atoms with van der Waals surface area (Å²) in [6.07, 6.45) is 1.72. The maximum atomic E-state index is 12.9. The molecule has 0 radical (unpaired) electrons. The van der Waals surface area contributed by atoms with Gasteiger partial charge in [-0.2, -0.15) is 0 Å². The highest BCUT2D eigenvalue weighted by atomic mass is 16.5. The first-order chi connectivity index (χ1) is 18.3. The van der Waals surface area contributed by atoms with Crippen LogP contribution < -0.4 is 16.4 Å². The van der Waals surface area contributed by atoms with Crippen LogP contribution in [0.1, 0.15) is 36.7 Å². The molecule has 3 aromatic rings. The average molecular weight is 520 g/mol. The zero-order valence-electron chi connectivity index (χ0n) is 21.6. The minimum Gasteiger partial charge on any atom is -0.465 e. The summed E-state index contributed by atoms with van der Waals surface area (Å²) < 4.78 is 7.01. The van der Waals surface area contributed by atoms with Gasteiger partial charge in [0, 0.05) is 37.9 Å². The molecule has 0 aliphatic carbocycles. The Balaban J connectivity index is 1.42. The number of anilines is 1. The van der Waals surface area contributed by atoms with Crippen LogP contribution in [-0.2, 0) is 39.3 Å². The lowest BCUT2D eigenvalue weighted by Crippen LogP contribution is -2.47. The molecule has 38 heavy (non-hydrogen) atoms. The van der Waals surface area contributed by atoms with E-state index in [1.807, 2.05) is 41.9 Å². The fraction of sp³-hybridized carbons (Fsp3) is 0.370. The second-order valence-electron chi connectivity index (χ2n) is 9.19. The number of aryl methyl sites for hydroxylation is 1. The summed E-state index contributed by atoms with van der Waals surface area (Å²) in [6, 6.07) is 13.0. The first-order valence-corrected chi connectivity index (χ1v) is 12.6. The summed E-state index contributed by atoms with van der Waals surface area (Å²) in [4.78, 5) is 44.5. The minimum atomic E-state index is -1.51. The van der Waals surface area contributed by atoms with Crippen molar-refractivity contribution in [1.29, 1.82) is 5.41 Å². The molecule has 2 aromatic carbocycles. The maximum absolute atomic E-state index is 12.9. The number of amides is 2. The van der Waals surface area contributed by atoms with Gasteiger partial charge in [-0.05, 0) is 61.7 Å². The standard InChI is InChI=1S/C27H33N7O4/c1-3-38-27(37)23(26(36)34-12-4-5-13-34)25(35)31-15-17-6-11-21-20(14-17)32-22(33(21)2)16-30-19-9-7-18(8-10-19)24(28)29/h6-11,14,23,30H,3-5,12-13,15-16H2,1-2H3,(H3,28,29)(H,31,35). The van der Waals surface area contributed by atoms with Crippen molar-refractivity contribution < 1.29 is 19.1 Å². The van der Waals surface area contributed by atoms with Crippen molar-refractivity contribution in [1.82, 2.24) is 19.8 Å². The number of esters is 1. The molecule has 1 fully saturated rings. The Labute approximate surface area is 220 Å². The second-order valence-corrected chi connectivity index (χ2v) is 9.19. The largest absolute Gasteiger partial charge is 0.465 e. The van der Waals surface area contributed by atoms with Crippen LogP contribution in [0.2, 0.25) is 0 Å². The van der Waals surface area contributed by atoms with Crippen LogP contribution in [0.25, 0.3) is 11.0 Å². The van der Waals surface area contributed by atoms with E-state index in [1.54, 1.807) is 24.0 Å². The number of ether oxygens (including phenoxy) is 1. The minimum absolute atomic E-state index is 0.0218. The van der Waals surface area contributed by atoms with Crippen molar-refractivity contribution in [3.8, 4) is 0 Å². The first kappa shape index (κ1) is 26.6. The second kappa shape index (κ2) is 11.8. The number of imidazole rings is 1. The van der Waals surface area contributed by atoms with Crippen LogP contribution in [0.4, 0.5) is 5.69 Å². The monoisotopic (exact) mass is 519 g/mol. The molecule has 2 amide bonds. The number of nitrogens with zero attached hydrogens (tertiary/aromatic N) is 3. The van der Waals surface area contributed by atoms with Gasteiger partial charge >= 0.3 is 5.97 Å². The SMILES string of the molecule is CCOC(=O)C(C(=O)NCc1ccc2c(c1)nc(CNc1ccc(C(=N)N)cc1)n2C)C(=O)N1CCCC1. The van der Waals surface area contributed by atoms with Gasteiger partial charge in [-0.15, -0.1) is 0 Å². The summed E-state index contributed by atoms with van der Waals surface area (Å²) in [5.41, 5.74) is 9.53. The average Bonchev–Trinajstić information content (AvgIpc) is 3.55. The molecular formula is C27H33N7O4. The number of hydrogen-bond donors (Lipinski definition) is 4. The maximum Gasteiger partial charge on any atom is 0.328 e. The van der Waals surface area contributed by atoms with E-state index in [0.717, 1.165) is 41.0 Å². The van der Waals surface area contributed by atoms with Crippen molar-refractivity contribution in [3.63, 3.8) is 0 Å². The predicted octanol–water partition coefficient (Wildman–Crippen LogP) is 1.89. The normalized spacial score (nSPS) is 13.8. The number of benzene rings is 2. The van der Waals surface area contributed by atoms with Crippen LogP contribution in [0, 0.1) is 11.3 Å². The number of nitrogens with two attached hydrogens (primary N) is 1. The molecule has 0 spiro atoms. The summed E-state index contributed by atoms with van der Waals surface area (Å²) in [6.45, 7) is 3.44. The highest BCUT2D eigenvalue weighted by Crippen LogP contribution is 2.19. The lowest BCUT2D eigenvalue weighted by atomic mass is 10.1. The van der Waals surface area contributed by atoms with E-state index in [0.29, 0.717) is 25.2 Å². The summed E-state index contributed by atoms with van der Waals surface area (Å²) in [7, 11) is 1.93. The molecule has 1 atom stereocenters. The van der Waals surface area contributed by atoms with Gasteiger partial charge in [0.1, 0.15) is 11.7 Å². The topological polar surface area (TPSA) is 155 Å². The quantitative estimate of drug-likeness (QED) is 0.138. The fourth-order valence-corrected chi connectivity index (χ4v) is 4.47. The Morgan fingerprint density at radius 1 is 1.11 bits per heavy atom. The van der Waals surface area contributed by atoms with E-state index in [-0.39, 0.29) is 19.0 Å². The van der Waals surface area contributed by atoms with Gasteiger partial charge in [-0.3, -0.25) is 19.8 Å². The summed E-state index contributed by atoms with van der Waals surface area (Å²) in [5, 5.41) is 13.5. The molecule has 1 saturated heterocycles. The molecule has 200 valence electrons. The van der Waals surface area contributed by atoms with E-state index < -0.39 is 23.7 Å². The van der Waals surface area contributed by atoms with E-state index >= 15 is 0 Å². The lowest BCUT2D eigenvalue weighted by molar-refractivity contribution is -0.158. The number of likely N-dealkylation sites (tertiary alicyclic amines) is 1. The predicted molar refractivity (Wildman–Crippen MR) is 143 cm³/mol. The molecule has 1 unspecified atom stereocenters. The van der Waals surface area contributed by atoms with Gasteiger partial charge in [0.25, 0.3) is 0 Å². The van der Waals surface area contributed by atoms with Gasteiger partial charge < -0.3 is 30.6 Å². The zero-order chi connectivity index (χ0) is 27.2. The number of rotatable bonds is 10. The molecule has 1 aliphatic heterocycles. The molecule has 2 heterocycles. The van der Waals surface area contributed by atoms with E-state index in [9.17, 15) is 14.4 Å². The molecule has 1 aromatic heterocycles. The number of carbonyl (C=O) groups is 3. The van der Waals surface area contributed by atoms with E-state index in [2.05, 4.69) is 10.6 Å². The third kappa shape index (κ3) is 5.93. The highest BCUT2D eigenvalue weighted by molar-refractivity contribution is 6.15. The molecular weight excluding hydrogens is 486 g/mol. The third-order valence-electron chi connectivity index (χ3n) is 6.60. The smallest absolute Gasteiger partial charge is 0.328 e. The van der Waals surface area contributed by atoms with Crippen molar-refractivity contribution >= 4 is 40.3 Å². The Morgan fingerprint density at radius 3 is 2.47 bits per heavy atom. The van der Waals surface area contributed by atoms with Gasteiger partial charge in [-0.1, -0.05) is 6.07 Å². The van der Waals surface area contributed by atoms with Crippen molar-refractivity contribution in [2.45, 2.75) is 32.9 Å². The molecule has 0 saturated carbocycles. The number of carbonyl (C=O) groups excluding carboxylic acids is 3. The molecule has 11 heteroatoms. The fourth-order valence-electron chi connectivity index (χ4n) is 4.47. The molecule has 4 rings (SSSR count). The third-order valence-corrected chi connectivity index (χ3v) is 6.60. The highest BCUT2D eigenvalue weighted by Gasteiger charge is 2.39. The van der Waals surface area contributed by atoms with Crippen molar-refractivity contribution in [2.24, 2.45) is 18.7 Å². The zero-order valence-corrected chi connectivity index (χ0v) is 21.6. The van der Waals surface area contributed by atoms with Crippen LogP contribution in [0.15, 0.2) is 42.5 Å². The van der Waals surface area contributed by atoms with Crippen molar-refractivity contribution in [2.75, 3.05) is 25.0 Å². The van der Waals surface area contributed by atoms with Crippen LogP contribution in [-0.4, -0.2) is 57.8 Å². The number of amidine groups is 1. The van der Waals surface area contributed by atoms with Gasteiger partial charge in [0.05, 0.1) is 24.2 Å². The van der Waals surface area contributed by atoms with Crippen LogP contribution >= 0.6 is 0 Å². The Bertz CT molecular complexity index is 1340. The van der Waals surface area contributed by atoms with E-state index in [4.69, 9.17) is 20.9 Å². The van der Waals surface area contributed by atoms with Crippen LogP contribution in [0.3, 0.4) is 0 Å². The molecule has 5 N–H and O–H groups in total.